The highest BCUT2D eigenvalue weighted by molar-refractivity contribution is 6.09. The van der Waals surface area contributed by atoms with E-state index in [1.54, 1.807) is 0 Å². The van der Waals surface area contributed by atoms with E-state index in [1.807, 2.05) is 42.5 Å². The average molecular weight is 366 g/mol. The summed E-state index contributed by atoms with van der Waals surface area (Å²) in [5, 5.41) is 2.25. The lowest BCUT2D eigenvalue weighted by Gasteiger charge is -2.19. The molecular formula is C25H22N2O. The van der Waals surface area contributed by atoms with Gasteiger partial charge in [0.25, 0.3) is 0 Å². The first-order chi connectivity index (χ1) is 13.6. The Balaban J connectivity index is 1.87. The summed E-state index contributed by atoms with van der Waals surface area (Å²) in [7, 11) is 0. The number of nitrogens with zero attached hydrogens (tertiary/aromatic N) is 2. The summed E-state index contributed by atoms with van der Waals surface area (Å²) in [6, 6.07) is 22.6. The average Bonchev–Trinajstić information content (AvgIpc) is 3.11. The van der Waals surface area contributed by atoms with Crippen molar-refractivity contribution in [3.05, 3.63) is 72.4 Å². The van der Waals surface area contributed by atoms with Crippen molar-refractivity contribution >= 4 is 33.0 Å². The molecule has 1 unspecified atom stereocenters. The van der Waals surface area contributed by atoms with Crippen molar-refractivity contribution in [1.29, 1.82) is 0 Å². The maximum Gasteiger partial charge on any atom is 0.144 e. The van der Waals surface area contributed by atoms with Gasteiger partial charge in [0.1, 0.15) is 11.2 Å². The molecule has 0 N–H and O–H groups in total. The van der Waals surface area contributed by atoms with E-state index in [1.165, 1.54) is 0 Å². The molecule has 0 spiro atoms. The lowest BCUT2D eigenvalue weighted by Crippen LogP contribution is -2.08. The maximum absolute atomic E-state index is 6.28. The van der Waals surface area contributed by atoms with Crippen LogP contribution in [0.4, 0.5) is 0 Å². The van der Waals surface area contributed by atoms with Gasteiger partial charge in [-0.05, 0) is 30.2 Å². The van der Waals surface area contributed by atoms with Crippen LogP contribution < -0.4 is 0 Å². The second-order valence-corrected chi connectivity index (χ2v) is 7.76. The summed E-state index contributed by atoms with van der Waals surface area (Å²) in [5.41, 5.74) is 6.58. The quantitative estimate of drug-likeness (QED) is 0.346. The molecule has 28 heavy (non-hydrogen) atoms. The maximum atomic E-state index is 6.28. The molecule has 0 aliphatic carbocycles. The fourth-order valence-corrected chi connectivity index (χ4v) is 3.78. The largest absolute Gasteiger partial charge is 0.455 e. The number of benzene rings is 3. The molecule has 138 valence electrons. The molecule has 0 saturated carbocycles. The number of fused-ring (bicyclic) bond motifs is 4. The Kier molecular flexibility index (Phi) is 3.90. The highest BCUT2D eigenvalue weighted by Crippen LogP contribution is 2.38. The van der Waals surface area contributed by atoms with Gasteiger partial charge >= 0.3 is 0 Å². The fraction of sp³-hybridized carbons (Fsp3) is 0.200. The van der Waals surface area contributed by atoms with E-state index in [-0.39, 0.29) is 5.92 Å². The third-order valence-electron chi connectivity index (χ3n) is 5.69. The third-order valence-corrected chi connectivity index (χ3v) is 5.69. The molecule has 1 atom stereocenters. The van der Waals surface area contributed by atoms with Gasteiger partial charge in [0.2, 0.25) is 0 Å². The Labute approximate surface area is 164 Å². The van der Waals surface area contributed by atoms with Crippen molar-refractivity contribution in [2.75, 3.05) is 0 Å². The summed E-state index contributed by atoms with van der Waals surface area (Å²) in [5.74, 6) is 0.746. The van der Waals surface area contributed by atoms with Crippen molar-refractivity contribution < 1.29 is 4.42 Å². The van der Waals surface area contributed by atoms with Crippen LogP contribution in [-0.4, -0.2) is 9.97 Å². The Morgan fingerprint density at radius 1 is 0.714 bits per heavy atom. The Morgan fingerprint density at radius 3 is 2.18 bits per heavy atom. The minimum Gasteiger partial charge on any atom is -0.455 e. The van der Waals surface area contributed by atoms with Crippen LogP contribution in [-0.2, 0) is 0 Å². The second-order valence-electron chi connectivity index (χ2n) is 7.76. The Morgan fingerprint density at radius 2 is 1.39 bits per heavy atom. The van der Waals surface area contributed by atoms with Crippen LogP contribution in [0.1, 0.15) is 32.4 Å². The van der Waals surface area contributed by atoms with Gasteiger partial charge in [-0.15, -0.1) is 0 Å². The summed E-state index contributed by atoms with van der Waals surface area (Å²) in [6.45, 7) is 6.69. The van der Waals surface area contributed by atoms with Crippen LogP contribution in [0.25, 0.3) is 44.2 Å². The van der Waals surface area contributed by atoms with Crippen LogP contribution in [0, 0.1) is 5.92 Å². The molecule has 3 aromatic carbocycles. The molecule has 3 heteroatoms. The van der Waals surface area contributed by atoms with Crippen LogP contribution >= 0.6 is 0 Å². The van der Waals surface area contributed by atoms with Crippen molar-refractivity contribution in [2.45, 2.75) is 26.7 Å². The molecule has 0 amide bonds. The number of hydrogen-bond acceptors (Lipinski definition) is 3. The van der Waals surface area contributed by atoms with Crippen molar-refractivity contribution in [2.24, 2.45) is 5.92 Å². The van der Waals surface area contributed by atoms with E-state index in [0.29, 0.717) is 5.92 Å². The van der Waals surface area contributed by atoms with Crippen molar-refractivity contribution in [3.63, 3.8) is 0 Å². The van der Waals surface area contributed by atoms with Crippen LogP contribution in [0.3, 0.4) is 0 Å². The molecule has 2 heterocycles. The Bertz CT molecular complexity index is 1320. The lowest BCUT2D eigenvalue weighted by molar-refractivity contribution is 0.525. The van der Waals surface area contributed by atoms with Gasteiger partial charge in [-0.2, -0.15) is 0 Å². The van der Waals surface area contributed by atoms with Gasteiger partial charge in [-0.3, -0.25) is 0 Å². The molecule has 0 aliphatic heterocycles. The molecule has 5 rings (SSSR count). The van der Waals surface area contributed by atoms with Gasteiger partial charge in [0.15, 0.2) is 0 Å². The second kappa shape index (κ2) is 6.45. The van der Waals surface area contributed by atoms with E-state index in [4.69, 9.17) is 14.4 Å². The summed E-state index contributed by atoms with van der Waals surface area (Å²) < 4.78 is 6.28. The summed E-state index contributed by atoms with van der Waals surface area (Å²) >= 11 is 0. The molecule has 0 aliphatic rings. The number of aromatic nitrogens is 2. The van der Waals surface area contributed by atoms with Crippen molar-refractivity contribution in [3.8, 4) is 11.3 Å². The predicted octanol–water partition coefficient (Wildman–Crippen LogP) is 6.96. The highest BCUT2D eigenvalue weighted by Gasteiger charge is 2.22. The zero-order valence-corrected chi connectivity index (χ0v) is 16.3. The van der Waals surface area contributed by atoms with Gasteiger partial charge < -0.3 is 4.42 Å². The first-order valence-electron chi connectivity index (χ1n) is 9.81. The molecule has 2 aromatic heterocycles. The first-order valence-corrected chi connectivity index (χ1v) is 9.81. The number of hydrogen-bond donors (Lipinski definition) is 0. The minimum atomic E-state index is 0.284. The van der Waals surface area contributed by atoms with Gasteiger partial charge in [-0.1, -0.05) is 63.2 Å². The SMILES string of the molecule is CC(C)C(C)c1nc2ccccc2nc1-c1cccc2c1oc1ccccc12. The van der Waals surface area contributed by atoms with Crippen molar-refractivity contribution in [1.82, 2.24) is 9.97 Å². The molecular weight excluding hydrogens is 344 g/mol. The molecule has 0 radical (unpaired) electrons. The predicted molar refractivity (Wildman–Crippen MR) is 116 cm³/mol. The Hall–Kier alpha value is -3.20. The highest BCUT2D eigenvalue weighted by atomic mass is 16.3. The van der Waals surface area contributed by atoms with Crippen LogP contribution in [0.5, 0.6) is 0 Å². The topological polar surface area (TPSA) is 38.9 Å². The third kappa shape index (κ3) is 2.58. The monoisotopic (exact) mass is 366 g/mol. The van der Waals surface area contributed by atoms with Gasteiger partial charge in [-0.25, -0.2) is 9.97 Å². The van der Waals surface area contributed by atoms with Gasteiger partial charge in [0.05, 0.1) is 22.4 Å². The molecule has 0 bridgehead atoms. The van der Waals surface area contributed by atoms with Crippen LogP contribution in [0.15, 0.2) is 71.1 Å². The van der Waals surface area contributed by atoms with E-state index in [9.17, 15) is 0 Å². The summed E-state index contributed by atoms with van der Waals surface area (Å²) in [4.78, 5) is 10.1. The zero-order chi connectivity index (χ0) is 19.3. The minimum absolute atomic E-state index is 0.284. The molecule has 5 aromatic rings. The van der Waals surface area contributed by atoms with Crippen LogP contribution in [0.2, 0.25) is 0 Å². The zero-order valence-electron chi connectivity index (χ0n) is 16.3. The fourth-order valence-electron chi connectivity index (χ4n) is 3.78. The number of furan rings is 1. The standard InChI is InChI=1S/C25H22N2O/c1-15(2)16(3)23-24(27-21-13-6-5-12-20(21)26-23)19-11-8-10-18-17-9-4-7-14-22(17)28-25(18)19/h4-16H,1-3H3. The first kappa shape index (κ1) is 16.9. The number of rotatable bonds is 3. The lowest BCUT2D eigenvalue weighted by atomic mass is 9.90. The van der Waals surface area contributed by atoms with E-state index in [0.717, 1.165) is 49.9 Å². The van der Waals surface area contributed by atoms with E-state index >= 15 is 0 Å². The molecule has 0 saturated heterocycles. The molecule has 3 nitrogen and oxygen atoms in total. The van der Waals surface area contributed by atoms with E-state index < -0.39 is 0 Å². The number of para-hydroxylation sites is 4. The van der Waals surface area contributed by atoms with Gasteiger partial charge in [0, 0.05) is 22.3 Å². The smallest absolute Gasteiger partial charge is 0.144 e. The summed E-state index contributed by atoms with van der Waals surface area (Å²) in [6.07, 6.45) is 0. The normalized spacial score (nSPS) is 13.0. The van der Waals surface area contributed by atoms with E-state index in [2.05, 4.69) is 45.0 Å². The molecule has 0 fully saturated rings.